The smallest absolute Gasteiger partial charge is 0.326 e. The lowest BCUT2D eigenvalue weighted by atomic mass is 9.98. The minimum Gasteiger partial charge on any atom is -0.508 e. The molecule has 1 aromatic carbocycles. The second-order valence-corrected chi connectivity index (χ2v) is 10.2. The number of nitrogens with zero attached hydrogens (tertiary/aromatic N) is 2. The highest BCUT2D eigenvalue weighted by atomic mass is 16.4. The molecule has 240 valence electrons. The van der Waals surface area contributed by atoms with Crippen molar-refractivity contribution in [2.75, 3.05) is 13.1 Å². The van der Waals surface area contributed by atoms with E-state index in [1.807, 2.05) is 0 Å². The molecular formula is C27H46N10O6. The van der Waals surface area contributed by atoms with E-state index in [1.54, 1.807) is 26.0 Å². The highest BCUT2D eigenvalue weighted by Crippen LogP contribution is 2.13. The molecule has 0 aliphatic carbocycles. The summed E-state index contributed by atoms with van der Waals surface area (Å²) in [5.74, 6) is -3.83. The lowest BCUT2D eigenvalue weighted by molar-refractivity contribution is -0.143. The van der Waals surface area contributed by atoms with Crippen LogP contribution in [0, 0.1) is 5.92 Å². The van der Waals surface area contributed by atoms with E-state index in [-0.39, 0.29) is 55.9 Å². The predicted molar refractivity (Wildman–Crippen MR) is 162 cm³/mol. The summed E-state index contributed by atoms with van der Waals surface area (Å²) in [6.45, 7) is 3.94. The Labute approximate surface area is 250 Å². The number of hydrogen-bond donors (Lipinski definition) is 10. The highest BCUT2D eigenvalue weighted by Gasteiger charge is 2.32. The maximum absolute atomic E-state index is 13.5. The number of nitrogens with one attached hydrogen (secondary N) is 3. The molecular weight excluding hydrogens is 560 g/mol. The van der Waals surface area contributed by atoms with Crippen molar-refractivity contribution in [3.8, 4) is 5.75 Å². The number of phenolic OH excluding ortho intramolecular Hbond substituents is 1. The lowest BCUT2D eigenvalue weighted by Crippen LogP contribution is -2.58. The Morgan fingerprint density at radius 2 is 1.33 bits per heavy atom. The number of carboxylic acid groups (broad SMARTS) is 1. The number of aromatic hydroxyl groups is 1. The van der Waals surface area contributed by atoms with Gasteiger partial charge in [-0.15, -0.1) is 0 Å². The maximum Gasteiger partial charge on any atom is 0.326 e. The minimum absolute atomic E-state index is 0.00897. The first-order chi connectivity index (χ1) is 20.2. The normalized spacial score (nSPS) is 14.2. The van der Waals surface area contributed by atoms with E-state index in [0.717, 1.165) is 0 Å². The summed E-state index contributed by atoms with van der Waals surface area (Å²) in [5, 5.41) is 27.1. The molecule has 43 heavy (non-hydrogen) atoms. The van der Waals surface area contributed by atoms with Crippen LogP contribution in [0.15, 0.2) is 34.3 Å². The first-order valence-electron chi connectivity index (χ1n) is 14.0. The molecule has 0 fully saturated rings. The zero-order valence-corrected chi connectivity index (χ0v) is 24.7. The van der Waals surface area contributed by atoms with Gasteiger partial charge in [0.1, 0.15) is 23.9 Å². The maximum atomic E-state index is 13.5. The van der Waals surface area contributed by atoms with Crippen molar-refractivity contribution in [3.63, 3.8) is 0 Å². The molecule has 0 saturated carbocycles. The standard InChI is InChI=1S/C27H46N10O6/c1-3-15(2)21(25(42)43)37-24(41)20(14-16-8-10-17(38)11-9-16)36-23(40)19(7-5-13-34-27(31)32)35-22(39)18(28)6-4-12-33-26(29)30/h8-11,15,18-21,38H,3-7,12-14,28H2,1-2H3,(H,35,39)(H,36,40)(H,37,41)(H,42,43)(H4,29,30,33)(H4,31,32,34). The Morgan fingerprint density at radius 3 is 1.84 bits per heavy atom. The molecule has 5 atom stereocenters. The molecule has 16 heteroatoms. The second-order valence-electron chi connectivity index (χ2n) is 10.2. The molecule has 1 aromatic rings. The van der Waals surface area contributed by atoms with Gasteiger partial charge in [-0.25, -0.2) is 4.79 Å². The van der Waals surface area contributed by atoms with Gasteiger partial charge < -0.3 is 54.8 Å². The largest absolute Gasteiger partial charge is 0.508 e. The first-order valence-corrected chi connectivity index (χ1v) is 14.0. The van der Waals surface area contributed by atoms with Crippen LogP contribution < -0.4 is 44.6 Å². The Hall–Kier alpha value is -4.60. The predicted octanol–water partition coefficient (Wildman–Crippen LogP) is -2.05. The minimum atomic E-state index is -1.21. The van der Waals surface area contributed by atoms with Gasteiger partial charge in [-0.2, -0.15) is 0 Å². The fraction of sp³-hybridized carbons (Fsp3) is 0.556. The number of hydrogen-bond acceptors (Lipinski definition) is 8. The third-order valence-electron chi connectivity index (χ3n) is 6.67. The summed E-state index contributed by atoms with van der Waals surface area (Å²) < 4.78 is 0. The quantitative estimate of drug-likeness (QED) is 0.0464. The van der Waals surface area contributed by atoms with Gasteiger partial charge in [0.15, 0.2) is 11.9 Å². The van der Waals surface area contributed by atoms with E-state index < -0.39 is 47.9 Å². The Balaban J connectivity index is 3.17. The monoisotopic (exact) mass is 606 g/mol. The van der Waals surface area contributed by atoms with E-state index in [1.165, 1.54) is 12.1 Å². The van der Waals surface area contributed by atoms with Crippen LogP contribution in [0.3, 0.4) is 0 Å². The number of carboxylic acids is 1. The van der Waals surface area contributed by atoms with E-state index >= 15 is 0 Å². The van der Waals surface area contributed by atoms with Crippen molar-refractivity contribution in [2.45, 2.75) is 76.5 Å². The van der Waals surface area contributed by atoms with Crippen LogP contribution in [0.25, 0.3) is 0 Å². The highest BCUT2D eigenvalue weighted by molar-refractivity contribution is 5.94. The fourth-order valence-corrected chi connectivity index (χ4v) is 3.99. The first kappa shape index (κ1) is 36.4. The summed E-state index contributed by atoms with van der Waals surface area (Å²) >= 11 is 0. The number of aliphatic carboxylic acids is 1. The summed E-state index contributed by atoms with van der Waals surface area (Å²) in [6, 6.07) is 1.49. The number of carbonyl (C=O) groups is 4. The van der Waals surface area contributed by atoms with Gasteiger partial charge in [0.05, 0.1) is 6.04 Å². The van der Waals surface area contributed by atoms with Gasteiger partial charge in [-0.3, -0.25) is 24.4 Å². The molecule has 16 nitrogen and oxygen atoms in total. The zero-order valence-electron chi connectivity index (χ0n) is 24.7. The molecule has 0 aromatic heterocycles. The summed E-state index contributed by atoms with van der Waals surface area (Å²) in [4.78, 5) is 59.3. The van der Waals surface area contributed by atoms with Crippen molar-refractivity contribution in [1.29, 1.82) is 0 Å². The molecule has 0 aliphatic heterocycles. The number of amides is 3. The van der Waals surface area contributed by atoms with Gasteiger partial charge in [0.2, 0.25) is 17.7 Å². The Morgan fingerprint density at radius 1 is 0.814 bits per heavy atom. The summed E-state index contributed by atoms with van der Waals surface area (Å²) in [6.07, 6.45) is 1.53. The van der Waals surface area contributed by atoms with Crippen molar-refractivity contribution < 1.29 is 29.4 Å². The summed E-state index contributed by atoms with van der Waals surface area (Å²) in [7, 11) is 0. The van der Waals surface area contributed by atoms with Crippen LogP contribution in [0.1, 0.15) is 51.5 Å². The van der Waals surface area contributed by atoms with Crippen LogP contribution in [0.2, 0.25) is 0 Å². The fourth-order valence-electron chi connectivity index (χ4n) is 3.99. The number of guanidine groups is 2. The third-order valence-corrected chi connectivity index (χ3v) is 6.67. The Kier molecular flexibility index (Phi) is 15.9. The van der Waals surface area contributed by atoms with Gasteiger partial charge in [-0.1, -0.05) is 32.4 Å². The van der Waals surface area contributed by atoms with Gasteiger partial charge in [-0.05, 0) is 49.3 Å². The number of benzene rings is 1. The molecule has 0 saturated heterocycles. The van der Waals surface area contributed by atoms with Crippen molar-refractivity contribution in [1.82, 2.24) is 16.0 Å². The number of carbonyl (C=O) groups excluding carboxylic acids is 3. The van der Waals surface area contributed by atoms with Gasteiger partial charge in [0.25, 0.3) is 0 Å². The molecule has 0 spiro atoms. The van der Waals surface area contributed by atoms with Crippen LogP contribution in [-0.4, -0.2) is 83.1 Å². The Bertz CT molecular complexity index is 1120. The van der Waals surface area contributed by atoms with Crippen molar-refractivity contribution in [2.24, 2.45) is 44.6 Å². The van der Waals surface area contributed by atoms with E-state index in [0.29, 0.717) is 24.8 Å². The van der Waals surface area contributed by atoms with E-state index in [4.69, 9.17) is 28.7 Å². The van der Waals surface area contributed by atoms with Crippen LogP contribution in [-0.2, 0) is 25.6 Å². The topological polar surface area (TPSA) is 300 Å². The van der Waals surface area contributed by atoms with Gasteiger partial charge >= 0.3 is 5.97 Å². The average molecular weight is 607 g/mol. The lowest BCUT2D eigenvalue weighted by Gasteiger charge is -2.26. The molecule has 0 aliphatic rings. The van der Waals surface area contributed by atoms with Crippen LogP contribution >= 0.6 is 0 Å². The number of rotatable bonds is 19. The third kappa shape index (κ3) is 14.2. The van der Waals surface area contributed by atoms with Crippen LogP contribution in [0.4, 0.5) is 0 Å². The van der Waals surface area contributed by atoms with E-state index in [2.05, 4.69) is 25.9 Å². The molecule has 1 rings (SSSR count). The average Bonchev–Trinajstić information content (AvgIpc) is 2.94. The number of phenols is 1. The molecule has 3 amide bonds. The molecule has 15 N–H and O–H groups in total. The SMILES string of the molecule is CCC(C)C(NC(=O)C(Cc1ccc(O)cc1)NC(=O)C(CCCN=C(N)N)NC(=O)C(N)CCCN=C(N)N)C(=O)O. The molecule has 5 unspecified atom stereocenters. The zero-order chi connectivity index (χ0) is 32.5. The van der Waals surface area contributed by atoms with E-state index in [9.17, 15) is 29.4 Å². The second kappa shape index (κ2) is 18.8. The van der Waals surface area contributed by atoms with Crippen molar-refractivity contribution in [3.05, 3.63) is 29.8 Å². The number of nitrogens with two attached hydrogens (primary N) is 5. The van der Waals surface area contributed by atoms with Gasteiger partial charge in [0, 0.05) is 19.5 Å². The summed E-state index contributed by atoms with van der Waals surface area (Å²) in [5.41, 5.74) is 28.0. The van der Waals surface area contributed by atoms with Crippen LogP contribution in [0.5, 0.6) is 5.75 Å². The number of aliphatic imine (C=N–C) groups is 2. The molecule has 0 heterocycles. The van der Waals surface area contributed by atoms with Crippen molar-refractivity contribution >= 4 is 35.6 Å². The molecule has 0 bridgehead atoms. The molecule has 0 radical (unpaired) electrons.